The predicted octanol–water partition coefficient (Wildman–Crippen LogP) is 8.61. The minimum absolute atomic E-state index is 0.0217. The summed E-state index contributed by atoms with van der Waals surface area (Å²) in [5, 5.41) is 9.74. The number of aromatic nitrogens is 2. The van der Waals surface area contributed by atoms with E-state index < -0.39 is 83.8 Å². The van der Waals surface area contributed by atoms with Crippen LogP contribution in [0, 0.1) is 30.4 Å². The molecule has 22 nitrogen and oxygen atoms in total. The molecule has 0 aliphatic carbocycles. The van der Waals surface area contributed by atoms with E-state index in [9.17, 15) is 61.3 Å². The third kappa shape index (κ3) is 14.3. The summed E-state index contributed by atoms with van der Waals surface area (Å²) in [7, 11) is -10.4. The molecule has 3 aliphatic rings. The number of benzene rings is 5. The fourth-order valence-corrected chi connectivity index (χ4v) is 17.6. The molecule has 0 spiro atoms. The van der Waals surface area contributed by atoms with Gasteiger partial charge in [0, 0.05) is 103 Å². The molecule has 2 aromatic heterocycles. The number of hydrogen-bond acceptors (Lipinski definition) is 13. The summed E-state index contributed by atoms with van der Waals surface area (Å²) >= 11 is 5.87. The largest absolute Gasteiger partial charge is 0.510 e. The molecule has 5 heterocycles. The zero-order valence-electron chi connectivity index (χ0n) is 49.5. The van der Waals surface area contributed by atoms with Gasteiger partial charge in [0.2, 0.25) is 18.6 Å². The number of nitrogens with zero attached hydrogens (tertiary/aromatic N) is 5. The van der Waals surface area contributed by atoms with Gasteiger partial charge in [-0.1, -0.05) is 79.3 Å². The number of Topliss-reactive ketones (excluding diaryl/α,β-unsaturated/α-hetero) is 2. The Hall–Kier alpha value is -7.86. The van der Waals surface area contributed by atoms with Crippen LogP contribution in [0.4, 0.5) is 28.9 Å². The van der Waals surface area contributed by atoms with Crippen molar-refractivity contribution in [2.45, 2.75) is 91.1 Å². The van der Waals surface area contributed by atoms with Gasteiger partial charge in [-0.15, -0.1) is 0 Å². The Balaban J connectivity index is 0.000000212. The van der Waals surface area contributed by atoms with E-state index in [1.54, 1.807) is 80.4 Å². The first-order valence-corrected chi connectivity index (χ1v) is 35.5. The lowest BCUT2D eigenvalue weighted by molar-refractivity contribution is -0.132. The van der Waals surface area contributed by atoms with Crippen molar-refractivity contribution < 1.29 is 75.3 Å². The maximum atomic E-state index is 14.5. The number of aryl methyl sites for hydroxylation is 1. The van der Waals surface area contributed by atoms with Crippen molar-refractivity contribution in [3.63, 3.8) is 0 Å². The molecular formula is C61H67ClF2N8O14P2Si. The molecule has 3 unspecified atom stereocenters. The maximum Gasteiger partial charge on any atom is 0.510 e. The minimum atomic E-state index is -4.51. The van der Waals surface area contributed by atoms with Crippen LogP contribution in [-0.4, -0.2) is 117 Å². The van der Waals surface area contributed by atoms with Crippen molar-refractivity contribution in [3.8, 4) is 0 Å². The zero-order valence-corrected chi connectivity index (χ0v) is 53.0. The second kappa shape index (κ2) is 26.7. The van der Waals surface area contributed by atoms with Crippen LogP contribution < -0.4 is 37.2 Å². The van der Waals surface area contributed by atoms with Crippen LogP contribution in [0.15, 0.2) is 116 Å². The van der Waals surface area contributed by atoms with Crippen molar-refractivity contribution in [1.29, 1.82) is 0 Å². The maximum absolute atomic E-state index is 14.5. The lowest BCUT2D eigenvalue weighted by atomic mass is 9.91. The molecule has 10 rings (SSSR count). The molecule has 0 saturated carbocycles. The fraction of sp³-hybridized carbons (Fsp3) is 0.328. The highest BCUT2D eigenvalue weighted by Gasteiger charge is 2.48. The normalized spacial score (nSPS) is 18.6. The van der Waals surface area contributed by atoms with E-state index in [1.807, 2.05) is 0 Å². The molecule has 28 heteroatoms. The van der Waals surface area contributed by atoms with E-state index in [0.717, 1.165) is 0 Å². The van der Waals surface area contributed by atoms with Gasteiger partial charge in [-0.3, -0.25) is 42.3 Å². The molecule has 6 N–H and O–H groups in total. The van der Waals surface area contributed by atoms with Crippen molar-refractivity contribution in [2.24, 2.45) is 17.6 Å². The van der Waals surface area contributed by atoms with Gasteiger partial charge >= 0.3 is 25.8 Å². The SMILES string of the molecule is CC(=O)c1cn(CC(=O)C2C[Si](C)(C)C[C@H]2C(=O)NCc2cccc(Cl)c2F)c2cc(P(=O)(O)OCOC(=O)OC(C)C)ccc12.Cc1cccc(CNC(=O)[C@@H]2CCN3CCN(c4cn(C(N)=O)c5ccc(P(=O)(O)c6ccccc6)cc45)C(=O)N23)c1F. The standard InChI is InChI=1S/C31H37ClFN2O9PSi.C30H30FN6O5P/c1-18(2)44-31(39)42-17-43-45(40,41)21-9-10-22-23(19(3)36)13-35(27(22)11-21)14-28(37)24-15-46(4,5)16-25(24)30(38)34-12-20-7-6-8-26(32)29(20)33;1-19-6-5-7-20(27(19)31)17-33-28(38)25-12-13-34-14-15-35(30(40)37(25)34)26-18-36(29(32)39)24-11-10-22(16-23(24)26)43(41,42)21-8-3-2-4-9-21/h6-11,13,18,24-25H,12,14-17H2,1-5H3,(H,34,38)(H,40,41);2-11,16,18,25H,12-15,17H2,1H3,(H2,32,39)(H,33,38)(H,41,42)/t24?,25-;25-/m10/s1. The van der Waals surface area contributed by atoms with Crippen LogP contribution in [0.5, 0.6) is 0 Å². The van der Waals surface area contributed by atoms with Gasteiger partial charge in [-0.2, -0.15) is 0 Å². The number of nitrogens with two attached hydrogens (primary N) is 1. The Kier molecular flexibility index (Phi) is 19.7. The monoisotopic (exact) mass is 1300 g/mol. The van der Waals surface area contributed by atoms with Crippen LogP contribution in [0.2, 0.25) is 30.2 Å². The summed E-state index contributed by atoms with van der Waals surface area (Å²) in [5.74, 6) is -3.49. The van der Waals surface area contributed by atoms with Gasteiger partial charge in [-0.25, -0.2) is 33.2 Å². The highest BCUT2D eigenvalue weighted by molar-refractivity contribution is 7.73. The number of amides is 5. The highest BCUT2D eigenvalue weighted by Crippen LogP contribution is 2.44. The topological polar surface area (TPSA) is 291 Å². The van der Waals surface area contributed by atoms with Gasteiger partial charge < -0.3 is 40.2 Å². The molecule has 7 aromatic rings. The van der Waals surface area contributed by atoms with Gasteiger partial charge in [-0.05, 0) is 100 Å². The summed E-state index contributed by atoms with van der Waals surface area (Å²) in [6.07, 6.45) is 1.81. The van der Waals surface area contributed by atoms with Crippen LogP contribution >= 0.6 is 26.6 Å². The van der Waals surface area contributed by atoms with Crippen molar-refractivity contribution >= 4 is 120 Å². The summed E-state index contributed by atoms with van der Waals surface area (Å²) < 4.78 is 72.6. The number of carbonyl (C=O) groups excluding carboxylic acids is 7. The fourth-order valence-electron chi connectivity index (χ4n) is 11.6. The summed E-state index contributed by atoms with van der Waals surface area (Å²) in [5.41, 5.74) is 8.02. The van der Waals surface area contributed by atoms with Gasteiger partial charge in [0.1, 0.15) is 17.7 Å². The number of hydrazine groups is 1. The number of rotatable bonds is 18. The number of ether oxygens (including phenoxy) is 2. The number of anilines is 1. The summed E-state index contributed by atoms with van der Waals surface area (Å²) in [6, 6.07) is 25.4. The number of urea groups is 1. The van der Waals surface area contributed by atoms with Crippen molar-refractivity contribution in [3.05, 3.63) is 154 Å². The number of primary amides is 1. The van der Waals surface area contributed by atoms with E-state index in [2.05, 4.69) is 23.7 Å². The zero-order chi connectivity index (χ0) is 64.4. The van der Waals surface area contributed by atoms with Crippen LogP contribution in [-0.2, 0) is 57.1 Å². The molecule has 5 aromatic carbocycles. The van der Waals surface area contributed by atoms with Gasteiger partial charge in [0.25, 0.3) is 7.37 Å². The van der Waals surface area contributed by atoms with E-state index >= 15 is 0 Å². The van der Waals surface area contributed by atoms with Gasteiger partial charge in [0.05, 0.1) is 39.7 Å². The summed E-state index contributed by atoms with van der Waals surface area (Å²) in [6.45, 7) is 10.4. The van der Waals surface area contributed by atoms with E-state index in [-0.39, 0.29) is 76.0 Å². The average molecular weight is 1300 g/mol. The van der Waals surface area contributed by atoms with Crippen molar-refractivity contribution in [1.82, 2.24) is 29.8 Å². The minimum Gasteiger partial charge on any atom is -0.432 e. The molecule has 3 saturated heterocycles. The highest BCUT2D eigenvalue weighted by atomic mass is 35.5. The molecule has 3 aliphatic heterocycles. The lowest BCUT2D eigenvalue weighted by Gasteiger charge is -2.41. The quantitative estimate of drug-likeness (QED) is 0.0177. The molecule has 5 amide bonds. The summed E-state index contributed by atoms with van der Waals surface area (Å²) in [4.78, 5) is 114. The lowest BCUT2D eigenvalue weighted by Crippen LogP contribution is -2.61. The molecule has 470 valence electrons. The predicted molar refractivity (Wildman–Crippen MR) is 332 cm³/mol. The Labute approximate surface area is 516 Å². The molecule has 0 bridgehead atoms. The molecule has 0 radical (unpaired) electrons. The average Bonchev–Trinajstić information content (AvgIpc) is 1.67. The molecule has 89 heavy (non-hydrogen) atoms. The Morgan fingerprint density at radius 1 is 0.775 bits per heavy atom. The Morgan fingerprint density at radius 3 is 2.12 bits per heavy atom. The van der Waals surface area contributed by atoms with E-state index in [0.29, 0.717) is 75.8 Å². The Bertz CT molecular complexity index is 4060. The second-order valence-electron chi connectivity index (χ2n) is 23.1. The van der Waals surface area contributed by atoms with Crippen molar-refractivity contribution in [2.75, 3.05) is 31.3 Å². The first kappa shape index (κ1) is 65.6. The van der Waals surface area contributed by atoms with Crippen LogP contribution in [0.1, 0.15) is 54.2 Å². The second-order valence-corrected chi connectivity index (χ2v) is 32.6. The Morgan fingerprint density at radius 2 is 1.44 bits per heavy atom. The first-order chi connectivity index (χ1) is 42.1. The number of nitrogens with one attached hydrogen (secondary N) is 2. The molecule has 5 atom stereocenters. The number of ketones is 2. The van der Waals surface area contributed by atoms with E-state index in [4.69, 9.17) is 31.3 Å². The van der Waals surface area contributed by atoms with Gasteiger partial charge in [0.15, 0.2) is 11.6 Å². The first-order valence-electron chi connectivity index (χ1n) is 28.5. The smallest absolute Gasteiger partial charge is 0.432 e. The number of halogens is 3. The van der Waals surface area contributed by atoms with E-state index in [1.165, 1.54) is 86.9 Å². The van der Waals surface area contributed by atoms with Crippen LogP contribution in [0.25, 0.3) is 21.8 Å². The van der Waals surface area contributed by atoms with Crippen LogP contribution in [0.3, 0.4) is 0 Å². The number of hydrogen-bond donors (Lipinski definition) is 5. The third-order valence-electron chi connectivity index (χ3n) is 15.9. The third-order valence-corrected chi connectivity index (χ3v) is 22.7. The molecule has 3 fully saturated rings. The number of carbonyl (C=O) groups is 7. The number of fused-ring (bicyclic) bond motifs is 3. The molecular weight excluding hydrogens is 1230 g/mol.